The van der Waals surface area contributed by atoms with Gasteiger partial charge in [0, 0.05) is 5.41 Å². The van der Waals surface area contributed by atoms with E-state index in [0.29, 0.717) is 12.3 Å². The summed E-state index contributed by atoms with van der Waals surface area (Å²) in [5.74, 6) is 0.624. The van der Waals surface area contributed by atoms with E-state index in [1.54, 1.807) is 5.57 Å². The molecule has 3 rings (SSSR count). The molecule has 0 radical (unpaired) electrons. The lowest BCUT2D eigenvalue weighted by molar-refractivity contribution is -0.142. The molecule has 88 valence electrons. The van der Waals surface area contributed by atoms with E-state index in [9.17, 15) is 9.90 Å². The molecule has 0 amide bonds. The third kappa shape index (κ3) is 1.09. The van der Waals surface area contributed by atoms with Crippen molar-refractivity contribution in [1.82, 2.24) is 0 Å². The lowest BCUT2D eigenvalue weighted by Gasteiger charge is -2.60. The second-order valence-electron chi connectivity index (χ2n) is 6.16. The Morgan fingerprint density at radius 3 is 2.94 bits per heavy atom. The molecular weight excluding hydrogens is 200 g/mol. The number of carbonyl (C=O) groups is 1. The van der Waals surface area contributed by atoms with Crippen LogP contribution >= 0.6 is 0 Å². The van der Waals surface area contributed by atoms with Gasteiger partial charge in [-0.15, -0.1) is 0 Å². The molecule has 16 heavy (non-hydrogen) atoms. The van der Waals surface area contributed by atoms with Gasteiger partial charge in [-0.05, 0) is 49.9 Å². The zero-order valence-corrected chi connectivity index (χ0v) is 9.91. The zero-order chi connectivity index (χ0) is 11.4. The van der Waals surface area contributed by atoms with Crippen molar-refractivity contribution in [3.05, 3.63) is 11.6 Å². The van der Waals surface area contributed by atoms with E-state index in [1.807, 2.05) is 0 Å². The molecule has 0 aliphatic heterocycles. The van der Waals surface area contributed by atoms with Gasteiger partial charge in [-0.1, -0.05) is 18.6 Å². The minimum Gasteiger partial charge on any atom is -0.393 e. The van der Waals surface area contributed by atoms with Gasteiger partial charge in [0.25, 0.3) is 0 Å². The summed E-state index contributed by atoms with van der Waals surface area (Å²) in [6, 6.07) is 0. The third-order valence-electron chi connectivity index (χ3n) is 5.63. The van der Waals surface area contributed by atoms with Crippen LogP contribution in [0.25, 0.3) is 0 Å². The van der Waals surface area contributed by atoms with Gasteiger partial charge in [-0.3, -0.25) is 0 Å². The molecule has 1 N–H and O–H groups in total. The summed E-state index contributed by atoms with van der Waals surface area (Å²) in [4.78, 5) is 11.6. The minimum absolute atomic E-state index is 0.121. The number of hydrogen-bond acceptors (Lipinski definition) is 2. The van der Waals surface area contributed by atoms with E-state index in [2.05, 4.69) is 13.0 Å². The summed E-state index contributed by atoms with van der Waals surface area (Å²) >= 11 is 0. The van der Waals surface area contributed by atoms with Crippen LogP contribution in [0.2, 0.25) is 0 Å². The van der Waals surface area contributed by atoms with Crippen LogP contribution in [0, 0.1) is 16.7 Å². The Morgan fingerprint density at radius 1 is 1.50 bits per heavy atom. The molecule has 4 atom stereocenters. The van der Waals surface area contributed by atoms with Gasteiger partial charge in [0.15, 0.2) is 0 Å². The first-order valence-electron chi connectivity index (χ1n) is 6.45. The van der Waals surface area contributed by atoms with Crippen molar-refractivity contribution in [1.29, 1.82) is 0 Å². The molecule has 0 aromatic carbocycles. The Hall–Kier alpha value is -0.630. The maximum atomic E-state index is 11.6. The molecule has 2 heteroatoms. The van der Waals surface area contributed by atoms with E-state index in [1.165, 1.54) is 12.8 Å². The number of aliphatic hydroxyl groups is 1. The largest absolute Gasteiger partial charge is 0.393 e. The van der Waals surface area contributed by atoms with Crippen molar-refractivity contribution in [2.75, 3.05) is 0 Å². The topological polar surface area (TPSA) is 37.3 Å². The lowest BCUT2D eigenvalue weighted by atomic mass is 9.44. The number of aldehydes is 1. The van der Waals surface area contributed by atoms with Gasteiger partial charge in [-0.25, -0.2) is 0 Å². The first-order chi connectivity index (χ1) is 7.61. The Bertz CT molecular complexity index is 360. The van der Waals surface area contributed by atoms with Crippen molar-refractivity contribution in [2.24, 2.45) is 16.7 Å². The maximum Gasteiger partial charge on any atom is 0.127 e. The number of fused-ring (bicyclic) bond motifs is 3. The number of hydrogen-bond donors (Lipinski definition) is 1. The average molecular weight is 220 g/mol. The molecule has 3 aliphatic rings. The second-order valence-corrected chi connectivity index (χ2v) is 6.16. The van der Waals surface area contributed by atoms with Crippen LogP contribution in [0.3, 0.4) is 0 Å². The van der Waals surface area contributed by atoms with E-state index in [0.717, 1.165) is 25.5 Å². The highest BCUT2D eigenvalue weighted by molar-refractivity contribution is 5.63. The monoisotopic (exact) mass is 220 g/mol. The fourth-order valence-corrected chi connectivity index (χ4v) is 4.28. The summed E-state index contributed by atoms with van der Waals surface area (Å²) in [5, 5.41) is 9.85. The highest BCUT2D eigenvalue weighted by atomic mass is 16.3. The molecule has 0 spiro atoms. The number of aliphatic hydroxyl groups excluding tert-OH is 1. The van der Waals surface area contributed by atoms with E-state index in [-0.39, 0.29) is 16.9 Å². The zero-order valence-electron chi connectivity index (χ0n) is 9.91. The molecular formula is C14H20O2. The SMILES string of the molecule is C[C@]12CC[C@H](O)C[C@]1(C=O)CC=C1CCC12. The first kappa shape index (κ1) is 10.5. The lowest BCUT2D eigenvalue weighted by Crippen LogP contribution is -2.55. The van der Waals surface area contributed by atoms with Crippen molar-refractivity contribution in [2.45, 2.75) is 51.6 Å². The number of carbonyl (C=O) groups excluding carboxylic acids is 1. The van der Waals surface area contributed by atoms with Crippen LogP contribution < -0.4 is 0 Å². The first-order valence-corrected chi connectivity index (χ1v) is 6.45. The second kappa shape index (κ2) is 3.19. The Kier molecular flexibility index (Phi) is 2.10. The molecule has 1 unspecified atom stereocenters. The standard InChI is InChI=1S/C14H20O2/c1-13-6-5-11(16)8-14(13,9-15)7-4-10-2-3-12(10)13/h4,9,11-12,16H,2-3,5-8H2,1H3/t11-,12?,13+,14-/m0/s1. The molecule has 0 saturated heterocycles. The van der Waals surface area contributed by atoms with Crippen LogP contribution in [0.4, 0.5) is 0 Å². The highest BCUT2D eigenvalue weighted by Gasteiger charge is 2.59. The molecule has 2 nitrogen and oxygen atoms in total. The molecule has 0 bridgehead atoms. The third-order valence-corrected chi connectivity index (χ3v) is 5.63. The van der Waals surface area contributed by atoms with E-state index >= 15 is 0 Å². The summed E-state index contributed by atoms with van der Waals surface area (Å²) in [5.41, 5.74) is 1.42. The van der Waals surface area contributed by atoms with Crippen LogP contribution in [0.1, 0.15) is 45.4 Å². The fraction of sp³-hybridized carbons (Fsp3) is 0.786. The van der Waals surface area contributed by atoms with Crippen molar-refractivity contribution >= 4 is 6.29 Å². The van der Waals surface area contributed by atoms with Gasteiger partial charge in [-0.2, -0.15) is 0 Å². The summed E-state index contributed by atoms with van der Waals surface area (Å²) in [7, 11) is 0. The fourth-order valence-electron chi connectivity index (χ4n) is 4.28. The number of allylic oxidation sites excluding steroid dienone is 2. The summed E-state index contributed by atoms with van der Waals surface area (Å²) in [6.07, 6.45) is 9.05. The molecule has 0 heterocycles. The smallest absolute Gasteiger partial charge is 0.127 e. The Morgan fingerprint density at radius 2 is 2.31 bits per heavy atom. The van der Waals surface area contributed by atoms with Crippen LogP contribution in [-0.2, 0) is 4.79 Å². The van der Waals surface area contributed by atoms with Crippen LogP contribution in [0.15, 0.2) is 11.6 Å². The predicted octanol–water partition coefficient (Wildman–Crippen LogP) is 2.46. The van der Waals surface area contributed by atoms with Crippen LogP contribution in [-0.4, -0.2) is 17.5 Å². The molecule has 3 aliphatic carbocycles. The van der Waals surface area contributed by atoms with E-state index in [4.69, 9.17) is 0 Å². The number of rotatable bonds is 1. The van der Waals surface area contributed by atoms with Crippen molar-refractivity contribution in [3.8, 4) is 0 Å². The normalized spacial score (nSPS) is 50.8. The minimum atomic E-state index is -0.279. The van der Waals surface area contributed by atoms with Gasteiger partial charge >= 0.3 is 0 Å². The molecule has 0 aromatic rings. The summed E-state index contributed by atoms with van der Waals surface area (Å²) in [6.45, 7) is 2.28. The quantitative estimate of drug-likeness (QED) is 0.544. The van der Waals surface area contributed by atoms with Gasteiger partial charge in [0.05, 0.1) is 6.10 Å². The van der Waals surface area contributed by atoms with Gasteiger partial charge < -0.3 is 9.90 Å². The predicted molar refractivity (Wildman–Crippen MR) is 61.9 cm³/mol. The average Bonchev–Trinajstić information content (AvgIpc) is 2.21. The van der Waals surface area contributed by atoms with Crippen LogP contribution in [0.5, 0.6) is 0 Å². The summed E-state index contributed by atoms with van der Waals surface area (Å²) < 4.78 is 0. The molecule has 0 aromatic heterocycles. The van der Waals surface area contributed by atoms with Gasteiger partial charge in [0.2, 0.25) is 0 Å². The highest BCUT2D eigenvalue weighted by Crippen LogP contribution is 2.64. The van der Waals surface area contributed by atoms with E-state index < -0.39 is 0 Å². The Labute approximate surface area is 96.7 Å². The van der Waals surface area contributed by atoms with Crippen molar-refractivity contribution < 1.29 is 9.90 Å². The molecule has 2 saturated carbocycles. The van der Waals surface area contributed by atoms with Gasteiger partial charge in [0.1, 0.15) is 6.29 Å². The van der Waals surface area contributed by atoms with Crippen molar-refractivity contribution in [3.63, 3.8) is 0 Å². The Balaban J connectivity index is 2.04. The maximum absolute atomic E-state index is 11.6. The molecule has 2 fully saturated rings.